The molecule has 29 heavy (non-hydrogen) atoms. The number of ether oxygens (including phenoxy) is 1. The third kappa shape index (κ3) is 5.73. The van der Waals surface area contributed by atoms with Crippen LogP contribution in [0.2, 0.25) is 0 Å². The van der Waals surface area contributed by atoms with Crippen LogP contribution in [-0.2, 0) is 11.2 Å². The summed E-state index contributed by atoms with van der Waals surface area (Å²) in [6.45, 7) is 3.20. The number of carbonyl (C=O) groups is 1. The van der Waals surface area contributed by atoms with Crippen molar-refractivity contribution in [3.63, 3.8) is 0 Å². The lowest BCUT2D eigenvalue weighted by Crippen LogP contribution is -2.23. The second-order valence-corrected chi connectivity index (χ2v) is 6.97. The van der Waals surface area contributed by atoms with Gasteiger partial charge in [-0.05, 0) is 54.8 Å². The van der Waals surface area contributed by atoms with Gasteiger partial charge in [0.1, 0.15) is 0 Å². The standard InChI is InChI=1S/C24H26N2O3/c1-17-3-6-22(15-26-17)23(27)16-25-14-13-18-4-7-19(8-5-18)20-9-11-21(12-10-20)24(28)29-2/h3-12,15,23,25,27H,13-14,16H2,1-2H3/t23-/m0/s1. The molecular formula is C24H26N2O3. The molecule has 5 nitrogen and oxygen atoms in total. The Balaban J connectivity index is 1.48. The fraction of sp³-hybridized carbons (Fsp3) is 0.250. The average Bonchev–Trinajstić information content (AvgIpc) is 2.77. The molecule has 2 N–H and O–H groups in total. The van der Waals surface area contributed by atoms with E-state index in [1.165, 1.54) is 12.7 Å². The first-order valence-electron chi connectivity index (χ1n) is 9.66. The number of methoxy groups -OCH3 is 1. The van der Waals surface area contributed by atoms with Crippen molar-refractivity contribution in [3.8, 4) is 11.1 Å². The molecule has 0 radical (unpaired) electrons. The number of hydrogen-bond acceptors (Lipinski definition) is 5. The van der Waals surface area contributed by atoms with Gasteiger partial charge in [-0.25, -0.2) is 4.79 Å². The molecule has 3 rings (SSSR count). The highest BCUT2D eigenvalue weighted by Gasteiger charge is 2.07. The summed E-state index contributed by atoms with van der Waals surface area (Å²) in [5, 5.41) is 13.5. The van der Waals surface area contributed by atoms with Gasteiger partial charge in [0.25, 0.3) is 0 Å². The molecule has 1 heterocycles. The number of benzene rings is 2. The summed E-state index contributed by atoms with van der Waals surface area (Å²) >= 11 is 0. The molecule has 1 atom stereocenters. The topological polar surface area (TPSA) is 71.5 Å². The smallest absolute Gasteiger partial charge is 0.337 e. The van der Waals surface area contributed by atoms with Crippen molar-refractivity contribution in [2.24, 2.45) is 0 Å². The summed E-state index contributed by atoms with van der Waals surface area (Å²) in [7, 11) is 1.38. The molecule has 1 aromatic heterocycles. The predicted molar refractivity (Wildman–Crippen MR) is 114 cm³/mol. The van der Waals surface area contributed by atoms with Gasteiger partial charge in [0.05, 0.1) is 18.8 Å². The van der Waals surface area contributed by atoms with Gasteiger partial charge in [-0.3, -0.25) is 4.98 Å². The van der Waals surface area contributed by atoms with Gasteiger partial charge in [-0.2, -0.15) is 0 Å². The molecule has 0 saturated carbocycles. The van der Waals surface area contributed by atoms with Gasteiger partial charge in [0.15, 0.2) is 0 Å². The zero-order valence-electron chi connectivity index (χ0n) is 16.8. The van der Waals surface area contributed by atoms with Gasteiger partial charge in [-0.15, -0.1) is 0 Å². The molecule has 3 aromatic rings. The number of aliphatic hydroxyl groups excluding tert-OH is 1. The van der Waals surface area contributed by atoms with Crippen molar-refractivity contribution in [2.75, 3.05) is 20.2 Å². The van der Waals surface area contributed by atoms with Gasteiger partial charge in [-0.1, -0.05) is 42.5 Å². The molecule has 0 fully saturated rings. The van der Waals surface area contributed by atoms with E-state index in [4.69, 9.17) is 4.74 Å². The fourth-order valence-corrected chi connectivity index (χ4v) is 3.05. The maximum Gasteiger partial charge on any atom is 0.337 e. The van der Waals surface area contributed by atoms with Crippen molar-refractivity contribution in [1.29, 1.82) is 0 Å². The second kappa shape index (κ2) is 9.96. The predicted octanol–water partition coefficient (Wildman–Crippen LogP) is 3.71. The summed E-state index contributed by atoms with van der Waals surface area (Å²) in [4.78, 5) is 15.7. The van der Waals surface area contributed by atoms with Crippen LogP contribution in [0, 0.1) is 6.92 Å². The van der Waals surface area contributed by atoms with Crippen molar-refractivity contribution >= 4 is 5.97 Å². The summed E-state index contributed by atoms with van der Waals surface area (Å²) in [5.74, 6) is -0.330. The van der Waals surface area contributed by atoms with Gasteiger partial charge >= 0.3 is 5.97 Å². The normalized spacial score (nSPS) is 11.8. The number of hydrogen-bond donors (Lipinski definition) is 2. The monoisotopic (exact) mass is 390 g/mol. The number of nitrogens with zero attached hydrogens (tertiary/aromatic N) is 1. The molecule has 0 aliphatic heterocycles. The molecule has 0 aliphatic carbocycles. The number of aromatic nitrogens is 1. The van der Waals surface area contributed by atoms with Gasteiger partial charge in [0.2, 0.25) is 0 Å². The van der Waals surface area contributed by atoms with Gasteiger partial charge < -0.3 is 15.2 Å². The van der Waals surface area contributed by atoms with E-state index in [0.29, 0.717) is 12.1 Å². The Morgan fingerprint density at radius 1 is 1.03 bits per heavy atom. The van der Waals surface area contributed by atoms with E-state index in [0.717, 1.165) is 35.3 Å². The lowest BCUT2D eigenvalue weighted by Gasteiger charge is -2.12. The molecule has 0 amide bonds. The largest absolute Gasteiger partial charge is 0.465 e. The van der Waals surface area contributed by atoms with E-state index in [9.17, 15) is 9.90 Å². The van der Waals surface area contributed by atoms with Crippen LogP contribution in [-0.4, -0.2) is 36.3 Å². The summed E-state index contributed by atoms with van der Waals surface area (Å²) in [6, 6.07) is 19.6. The number of nitrogens with one attached hydrogen (secondary N) is 1. The molecule has 0 aliphatic rings. The SMILES string of the molecule is COC(=O)c1ccc(-c2ccc(CCNC[C@H](O)c3ccc(C)nc3)cc2)cc1. The molecule has 5 heteroatoms. The first kappa shape index (κ1) is 20.7. The van der Waals surface area contributed by atoms with Crippen LogP contribution in [0.1, 0.15) is 33.3 Å². The third-order valence-corrected chi connectivity index (χ3v) is 4.84. The van der Waals surface area contributed by atoms with Crippen molar-refractivity contribution in [3.05, 3.63) is 89.2 Å². The first-order chi connectivity index (χ1) is 14.1. The Labute approximate surface area is 171 Å². The van der Waals surface area contributed by atoms with E-state index in [2.05, 4.69) is 34.6 Å². The number of carbonyl (C=O) groups excluding carboxylic acids is 1. The van der Waals surface area contributed by atoms with Crippen molar-refractivity contribution < 1.29 is 14.6 Å². The Kier molecular flexibility index (Phi) is 7.11. The Morgan fingerprint density at radius 3 is 2.28 bits per heavy atom. The minimum Gasteiger partial charge on any atom is -0.465 e. The Bertz CT molecular complexity index is 920. The van der Waals surface area contributed by atoms with Crippen LogP contribution in [0.25, 0.3) is 11.1 Å². The number of pyridine rings is 1. The molecule has 0 spiro atoms. The number of aryl methyl sites for hydroxylation is 1. The summed E-state index contributed by atoms with van der Waals surface area (Å²) in [6.07, 6.45) is 2.04. The van der Waals surface area contributed by atoms with E-state index < -0.39 is 6.10 Å². The second-order valence-electron chi connectivity index (χ2n) is 6.97. The number of aliphatic hydroxyl groups is 1. The quantitative estimate of drug-likeness (QED) is 0.453. The summed E-state index contributed by atoms with van der Waals surface area (Å²) < 4.78 is 4.73. The lowest BCUT2D eigenvalue weighted by molar-refractivity contribution is 0.0600. The molecule has 150 valence electrons. The van der Waals surface area contributed by atoms with Crippen molar-refractivity contribution in [2.45, 2.75) is 19.4 Å². The third-order valence-electron chi connectivity index (χ3n) is 4.84. The average molecular weight is 390 g/mol. The van der Waals surface area contributed by atoms with Crippen LogP contribution in [0.15, 0.2) is 66.9 Å². The van der Waals surface area contributed by atoms with E-state index in [-0.39, 0.29) is 5.97 Å². The first-order valence-corrected chi connectivity index (χ1v) is 9.66. The highest BCUT2D eigenvalue weighted by atomic mass is 16.5. The zero-order valence-corrected chi connectivity index (χ0v) is 16.8. The highest BCUT2D eigenvalue weighted by molar-refractivity contribution is 5.89. The zero-order chi connectivity index (χ0) is 20.6. The van der Waals surface area contributed by atoms with Crippen LogP contribution in [0.4, 0.5) is 0 Å². The number of rotatable bonds is 8. The maximum absolute atomic E-state index is 11.5. The molecule has 0 bridgehead atoms. The molecule has 0 saturated heterocycles. The van der Waals surface area contributed by atoms with Crippen LogP contribution in [0.5, 0.6) is 0 Å². The maximum atomic E-state index is 11.5. The minimum atomic E-state index is -0.557. The minimum absolute atomic E-state index is 0.330. The Hall–Kier alpha value is -3.02. The van der Waals surface area contributed by atoms with E-state index in [1.807, 2.05) is 31.2 Å². The number of esters is 1. The van der Waals surface area contributed by atoms with Crippen LogP contribution < -0.4 is 5.32 Å². The van der Waals surface area contributed by atoms with E-state index >= 15 is 0 Å². The highest BCUT2D eigenvalue weighted by Crippen LogP contribution is 2.21. The Morgan fingerprint density at radius 2 is 1.69 bits per heavy atom. The fourth-order valence-electron chi connectivity index (χ4n) is 3.05. The van der Waals surface area contributed by atoms with Crippen LogP contribution in [0.3, 0.4) is 0 Å². The summed E-state index contributed by atoms with van der Waals surface area (Å²) in [5.41, 5.74) is 5.68. The van der Waals surface area contributed by atoms with Gasteiger partial charge in [0, 0.05) is 24.0 Å². The lowest BCUT2D eigenvalue weighted by atomic mass is 10.0. The van der Waals surface area contributed by atoms with E-state index in [1.54, 1.807) is 18.3 Å². The van der Waals surface area contributed by atoms with Crippen molar-refractivity contribution in [1.82, 2.24) is 10.3 Å². The molecule has 2 aromatic carbocycles. The van der Waals surface area contributed by atoms with Crippen LogP contribution >= 0.6 is 0 Å². The molecule has 0 unspecified atom stereocenters. The molecular weight excluding hydrogens is 364 g/mol.